The fraction of sp³-hybridized carbons (Fsp3) is 0.200. The van der Waals surface area contributed by atoms with Crippen LogP contribution in [0, 0.1) is 0 Å². The van der Waals surface area contributed by atoms with E-state index < -0.39 is 7.14 Å². The van der Waals surface area contributed by atoms with E-state index in [-0.39, 0.29) is 0 Å². The van der Waals surface area contributed by atoms with Crippen LogP contribution in [-0.4, -0.2) is 12.3 Å². The molecule has 0 spiro atoms. The molecule has 0 radical (unpaired) electrons. The van der Waals surface area contributed by atoms with E-state index in [0.29, 0.717) is 12.3 Å². The third-order valence-corrected chi connectivity index (χ3v) is 7.76. The van der Waals surface area contributed by atoms with Crippen molar-refractivity contribution >= 4 is 23.2 Å². The van der Waals surface area contributed by atoms with E-state index in [1.807, 2.05) is 32.0 Å². The average molecular weight is 308 g/mol. The quantitative estimate of drug-likeness (QED) is 0.579. The van der Waals surface area contributed by atoms with Crippen LogP contribution >= 0.6 is 7.14 Å². The molecule has 0 N–H and O–H groups in total. The molecule has 0 aliphatic heterocycles. The van der Waals surface area contributed by atoms with E-state index >= 15 is 0 Å². The van der Waals surface area contributed by atoms with Crippen LogP contribution in [0.1, 0.15) is 13.8 Å². The molecule has 112 valence electrons. The number of fused-ring (bicyclic) bond motifs is 1. The summed E-state index contributed by atoms with van der Waals surface area (Å²) in [5.74, 6) is 0. The molecule has 0 unspecified atom stereocenters. The fourth-order valence-electron chi connectivity index (χ4n) is 3.08. The topological polar surface area (TPSA) is 17.1 Å². The van der Waals surface area contributed by atoms with Crippen LogP contribution in [0.15, 0.2) is 66.7 Å². The highest BCUT2D eigenvalue weighted by Gasteiger charge is 2.23. The van der Waals surface area contributed by atoms with Crippen LogP contribution in [0.5, 0.6) is 0 Å². The molecule has 1 nitrogen and oxygen atoms in total. The van der Waals surface area contributed by atoms with E-state index in [0.717, 1.165) is 10.9 Å². The maximum absolute atomic E-state index is 13.3. The summed E-state index contributed by atoms with van der Waals surface area (Å²) in [6.07, 6.45) is 1.43. The summed E-state index contributed by atoms with van der Waals surface area (Å²) in [7, 11) is -2.31. The van der Waals surface area contributed by atoms with Crippen LogP contribution in [-0.2, 0) is 4.57 Å². The Morgan fingerprint density at radius 2 is 1.32 bits per heavy atom. The molecule has 3 rings (SSSR count). The van der Waals surface area contributed by atoms with Gasteiger partial charge in [-0.15, -0.1) is 0 Å². The smallest absolute Gasteiger partial charge is 0.115 e. The molecule has 0 aromatic heterocycles. The second-order valence-electron chi connectivity index (χ2n) is 5.57. The lowest BCUT2D eigenvalue weighted by Gasteiger charge is -2.19. The molecule has 0 saturated carbocycles. The van der Waals surface area contributed by atoms with Crippen molar-refractivity contribution in [2.24, 2.45) is 0 Å². The highest BCUT2D eigenvalue weighted by atomic mass is 31.2. The van der Waals surface area contributed by atoms with Crippen molar-refractivity contribution in [2.75, 3.05) is 12.3 Å². The van der Waals surface area contributed by atoms with Crippen molar-refractivity contribution in [3.05, 3.63) is 66.7 Å². The van der Waals surface area contributed by atoms with Crippen LogP contribution in [0.25, 0.3) is 21.9 Å². The van der Waals surface area contributed by atoms with Crippen molar-refractivity contribution < 1.29 is 4.57 Å². The lowest BCUT2D eigenvalue weighted by Crippen LogP contribution is -2.11. The Labute approximate surface area is 132 Å². The van der Waals surface area contributed by atoms with Gasteiger partial charge in [-0.05, 0) is 21.9 Å². The molecular weight excluding hydrogens is 287 g/mol. The number of hydrogen-bond acceptors (Lipinski definition) is 1. The van der Waals surface area contributed by atoms with E-state index in [2.05, 4.69) is 48.5 Å². The SMILES string of the molecule is CCP(=O)(CC)c1ccccc1-c1cccc2ccccc12. The Morgan fingerprint density at radius 1 is 0.727 bits per heavy atom. The maximum atomic E-state index is 13.3. The molecule has 0 heterocycles. The largest absolute Gasteiger partial charge is 0.319 e. The highest BCUT2D eigenvalue weighted by molar-refractivity contribution is 7.71. The standard InChI is InChI=1S/C20H21OP/c1-3-22(21,4-2)20-15-8-7-13-19(20)18-14-9-11-16-10-5-6-12-17(16)18/h5-15H,3-4H2,1-2H3. The van der Waals surface area contributed by atoms with Crippen LogP contribution < -0.4 is 5.30 Å². The van der Waals surface area contributed by atoms with Gasteiger partial charge in [0.05, 0.1) is 0 Å². The van der Waals surface area contributed by atoms with Gasteiger partial charge < -0.3 is 4.57 Å². The Hall–Kier alpha value is -1.85. The summed E-state index contributed by atoms with van der Waals surface area (Å²) in [5, 5.41) is 3.46. The second-order valence-corrected chi connectivity index (χ2v) is 9.09. The van der Waals surface area contributed by atoms with Crippen molar-refractivity contribution in [3.8, 4) is 11.1 Å². The predicted octanol–water partition coefficient (Wildman–Crippen LogP) is 5.54. The van der Waals surface area contributed by atoms with Gasteiger partial charge in [-0.1, -0.05) is 80.6 Å². The summed E-state index contributed by atoms with van der Waals surface area (Å²) in [6, 6.07) is 22.9. The Morgan fingerprint density at radius 3 is 2.09 bits per heavy atom. The van der Waals surface area contributed by atoms with Crippen LogP contribution in [0.2, 0.25) is 0 Å². The number of benzene rings is 3. The van der Waals surface area contributed by atoms with E-state index in [1.54, 1.807) is 0 Å². The van der Waals surface area contributed by atoms with Gasteiger partial charge in [0.1, 0.15) is 7.14 Å². The van der Waals surface area contributed by atoms with Gasteiger partial charge in [-0.2, -0.15) is 0 Å². The molecule has 22 heavy (non-hydrogen) atoms. The van der Waals surface area contributed by atoms with Gasteiger partial charge in [0, 0.05) is 17.6 Å². The van der Waals surface area contributed by atoms with Gasteiger partial charge >= 0.3 is 0 Å². The molecule has 0 aliphatic carbocycles. The first-order chi connectivity index (χ1) is 10.7. The third-order valence-electron chi connectivity index (χ3n) is 4.44. The molecular formula is C20H21OP. The highest BCUT2D eigenvalue weighted by Crippen LogP contribution is 2.46. The zero-order valence-corrected chi connectivity index (χ0v) is 14.0. The van der Waals surface area contributed by atoms with Gasteiger partial charge in [0.2, 0.25) is 0 Å². The summed E-state index contributed by atoms with van der Waals surface area (Å²) >= 11 is 0. The molecule has 0 bridgehead atoms. The summed E-state index contributed by atoms with van der Waals surface area (Å²) in [5.41, 5.74) is 2.29. The summed E-state index contributed by atoms with van der Waals surface area (Å²) in [4.78, 5) is 0. The molecule has 2 heteroatoms. The molecule has 0 aliphatic rings. The minimum absolute atomic E-state index is 0.714. The Bertz CT molecular complexity index is 838. The van der Waals surface area contributed by atoms with Crippen LogP contribution in [0.4, 0.5) is 0 Å². The van der Waals surface area contributed by atoms with E-state index in [9.17, 15) is 4.57 Å². The first-order valence-corrected chi connectivity index (χ1v) is 9.93. The normalized spacial score (nSPS) is 11.7. The second kappa shape index (κ2) is 6.10. The lowest BCUT2D eigenvalue weighted by molar-refractivity contribution is 0.582. The zero-order valence-electron chi connectivity index (χ0n) is 13.1. The number of rotatable bonds is 4. The molecule has 0 amide bonds. The summed E-state index contributed by atoms with van der Waals surface area (Å²) in [6.45, 7) is 4.06. The van der Waals surface area contributed by atoms with E-state index in [4.69, 9.17) is 0 Å². The number of hydrogen-bond donors (Lipinski definition) is 0. The minimum Gasteiger partial charge on any atom is -0.319 e. The fourth-order valence-corrected chi connectivity index (χ4v) is 5.20. The molecule has 0 atom stereocenters. The van der Waals surface area contributed by atoms with Crippen LogP contribution in [0.3, 0.4) is 0 Å². The molecule has 3 aromatic rings. The van der Waals surface area contributed by atoms with Crippen molar-refractivity contribution in [1.82, 2.24) is 0 Å². The predicted molar refractivity (Wildman–Crippen MR) is 97.7 cm³/mol. The van der Waals surface area contributed by atoms with Gasteiger partial charge in [0.15, 0.2) is 0 Å². The Balaban J connectivity index is 2.31. The van der Waals surface area contributed by atoms with Gasteiger partial charge in [0.25, 0.3) is 0 Å². The van der Waals surface area contributed by atoms with E-state index in [1.165, 1.54) is 16.3 Å². The first-order valence-electron chi connectivity index (χ1n) is 7.85. The molecule has 0 saturated heterocycles. The third kappa shape index (κ3) is 2.51. The van der Waals surface area contributed by atoms with Gasteiger partial charge in [-0.25, -0.2) is 0 Å². The van der Waals surface area contributed by atoms with Crippen molar-refractivity contribution in [2.45, 2.75) is 13.8 Å². The minimum atomic E-state index is -2.31. The van der Waals surface area contributed by atoms with Crippen molar-refractivity contribution in [1.29, 1.82) is 0 Å². The zero-order chi connectivity index (χ0) is 15.6. The van der Waals surface area contributed by atoms with Crippen molar-refractivity contribution in [3.63, 3.8) is 0 Å². The Kier molecular flexibility index (Phi) is 4.18. The summed E-state index contributed by atoms with van der Waals surface area (Å²) < 4.78 is 13.3. The monoisotopic (exact) mass is 308 g/mol. The maximum Gasteiger partial charge on any atom is 0.115 e. The molecule has 0 fully saturated rings. The molecule has 3 aromatic carbocycles. The first kappa shape index (κ1) is 15.1. The average Bonchev–Trinajstić information content (AvgIpc) is 2.60. The van der Waals surface area contributed by atoms with Gasteiger partial charge in [-0.3, -0.25) is 0 Å². The lowest BCUT2D eigenvalue weighted by atomic mass is 9.98.